The molecule has 0 aromatic carbocycles. The molecule has 0 aromatic heterocycles. The molecule has 0 spiro atoms. The predicted octanol–water partition coefficient (Wildman–Crippen LogP) is 0.505. The molecule has 54 valence electrons. The van der Waals surface area contributed by atoms with Crippen molar-refractivity contribution in [2.24, 2.45) is 0 Å². The quantitative estimate of drug-likeness (QED) is 0.566. The van der Waals surface area contributed by atoms with Crippen molar-refractivity contribution in [2.75, 3.05) is 7.11 Å². The third-order valence-electron chi connectivity index (χ3n) is 1.04. The summed E-state index contributed by atoms with van der Waals surface area (Å²) >= 11 is 0. The minimum Gasteiger partial charge on any atom is -0.362 e. The summed E-state index contributed by atoms with van der Waals surface area (Å²) in [4.78, 5) is 10.6. The number of hydrogen-bond acceptors (Lipinski definition) is 2. The van der Waals surface area contributed by atoms with Gasteiger partial charge in [0.1, 0.15) is 6.23 Å². The van der Waals surface area contributed by atoms with Crippen molar-refractivity contribution in [2.45, 2.75) is 26.5 Å². The Labute approximate surface area is 55.4 Å². The van der Waals surface area contributed by atoms with Crippen LogP contribution in [-0.4, -0.2) is 19.2 Å². The number of nitrogens with one attached hydrogen (secondary N) is 1. The average Bonchev–Trinajstić information content (AvgIpc) is 1.87. The normalized spacial score (nSPS) is 12.8. The van der Waals surface area contributed by atoms with E-state index in [1.54, 1.807) is 21.0 Å². The van der Waals surface area contributed by atoms with Crippen LogP contribution in [0.3, 0.4) is 0 Å². The lowest BCUT2D eigenvalue weighted by molar-refractivity contribution is -0.124. The van der Waals surface area contributed by atoms with Gasteiger partial charge in [-0.1, -0.05) is 6.92 Å². The molecule has 0 aliphatic rings. The Kier molecular flexibility index (Phi) is 4.05. The minimum absolute atomic E-state index is 0.0179. The van der Waals surface area contributed by atoms with Gasteiger partial charge in [0.05, 0.1) is 0 Å². The monoisotopic (exact) mass is 131 g/mol. The summed E-state index contributed by atoms with van der Waals surface area (Å²) in [6.07, 6.45) is 0.339. The van der Waals surface area contributed by atoms with Crippen LogP contribution in [0.2, 0.25) is 0 Å². The van der Waals surface area contributed by atoms with E-state index < -0.39 is 0 Å². The van der Waals surface area contributed by atoms with Gasteiger partial charge in [-0.05, 0) is 6.92 Å². The van der Waals surface area contributed by atoms with E-state index in [1.807, 2.05) is 0 Å². The molecule has 0 bridgehead atoms. The summed E-state index contributed by atoms with van der Waals surface area (Å²) in [6, 6.07) is 0. The number of amides is 1. The maximum absolute atomic E-state index is 10.6. The summed E-state index contributed by atoms with van der Waals surface area (Å²) in [5.74, 6) is 0.0179. The van der Waals surface area contributed by atoms with E-state index in [1.165, 1.54) is 0 Å². The highest BCUT2D eigenvalue weighted by Crippen LogP contribution is 1.82. The highest BCUT2D eigenvalue weighted by molar-refractivity contribution is 5.75. The van der Waals surface area contributed by atoms with E-state index in [-0.39, 0.29) is 12.1 Å². The first-order valence-electron chi connectivity index (χ1n) is 3.02. The fourth-order valence-electron chi connectivity index (χ4n) is 0.388. The smallest absolute Gasteiger partial charge is 0.221 e. The van der Waals surface area contributed by atoms with Crippen LogP contribution in [0.1, 0.15) is 20.3 Å². The van der Waals surface area contributed by atoms with Crippen LogP contribution in [0.15, 0.2) is 0 Å². The van der Waals surface area contributed by atoms with Crippen LogP contribution in [0.4, 0.5) is 0 Å². The number of carbonyl (C=O) groups excluding carboxylic acids is 1. The molecule has 0 aliphatic heterocycles. The van der Waals surface area contributed by atoms with E-state index >= 15 is 0 Å². The van der Waals surface area contributed by atoms with Crippen LogP contribution in [0.5, 0.6) is 0 Å². The number of carbonyl (C=O) groups is 1. The maximum Gasteiger partial charge on any atom is 0.221 e. The summed E-state index contributed by atoms with van der Waals surface area (Å²) in [6.45, 7) is 3.59. The van der Waals surface area contributed by atoms with E-state index in [0.29, 0.717) is 6.42 Å². The van der Waals surface area contributed by atoms with Crippen LogP contribution >= 0.6 is 0 Å². The molecule has 1 amide bonds. The van der Waals surface area contributed by atoms with Crippen molar-refractivity contribution >= 4 is 5.91 Å². The molecule has 0 aromatic rings. The molecule has 0 radical (unpaired) electrons. The standard InChI is InChI=1S/C6H13NO2/c1-4-6(8)7-5(2)9-3/h5H,4H2,1-3H3,(H,7,8). The number of methoxy groups -OCH3 is 1. The van der Waals surface area contributed by atoms with Crippen molar-refractivity contribution in [3.05, 3.63) is 0 Å². The van der Waals surface area contributed by atoms with E-state index in [4.69, 9.17) is 4.74 Å². The SMILES string of the molecule is CCC(=O)NC(C)OC. The van der Waals surface area contributed by atoms with E-state index in [2.05, 4.69) is 5.32 Å². The van der Waals surface area contributed by atoms with Gasteiger partial charge in [-0.25, -0.2) is 0 Å². The lowest BCUT2D eigenvalue weighted by Crippen LogP contribution is -2.32. The summed E-state index contributed by atoms with van der Waals surface area (Å²) in [5, 5.41) is 2.62. The lowest BCUT2D eigenvalue weighted by Gasteiger charge is -2.09. The number of ether oxygens (including phenoxy) is 1. The highest BCUT2D eigenvalue weighted by atomic mass is 16.5. The fourth-order valence-corrected chi connectivity index (χ4v) is 0.388. The van der Waals surface area contributed by atoms with Crippen molar-refractivity contribution in [1.29, 1.82) is 0 Å². The summed E-state index contributed by atoms with van der Waals surface area (Å²) < 4.78 is 4.79. The first-order chi connectivity index (χ1) is 4.20. The van der Waals surface area contributed by atoms with Crippen LogP contribution in [0.25, 0.3) is 0 Å². The molecule has 3 heteroatoms. The zero-order valence-electron chi connectivity index (χ0n) is 6.10. The molecule has 3 nitrogen and oxygen atoms in total. The van der Waals surface area contributed by atoms with Gasteiger partial charge in [-0.2, -0.15) is 0 Å². The van der Waals surface area contributed by atoms with Gasteiger partial charge in [0, 0.05) is 13.5 Å². The summed E-state index contributed by atoms with van der Waals surface area (Å²) in [7, 11) is 1.56. The maximum atomic E-state index is 10.6. The van der Waals surface area contributed by atoms with Crippen molar-refractivity contribution in [3.63, 3.8) is 0 Å². The second kappa shape index (κ2) is 4.32. The predicted molar refractivity (Wildman–Crippen MR) is 34.9 cm³/mol. The second-order valence-corrected chi connectivity index (χ2v) is 1.80. The molecule has 0 rings (SSSR count). The van der Waals surface area contributed by atoms with Gasteiger partial charge in [0.2, 0.25) is 5.91 Å². The third-order valence-corrected chi connectivity index (χ3v) is 1.04. The largest absolute Gasteiger partial charge is 0.362 e. The lowest BCUT2D eigenvalue weighted by atomic mass is 10.4. The first kappa shape index (κ1) is 8.43. The number of hydrogen-bond donors (Lipinski definition) is 1. The van der Waals surface area contributed by atoms with Gasteiger partial charge in [-0.3, -0.25) is 4.79 Å². The zero-order valence-corrected chi connectivity index (χ0v) is 6.10. The second-order valence-electron chi connectivity index (χ2n) is 1.80. The van der Waals surface area contributed by atoms with Crippen LogP contribution < -0.4 is 5.32 Å². The number of rotatable bonds is 3. The van der Waals surface area contributed by atoms with Crippen LogP contribution in [0, 0.1) is 0 Å². The Balaban J connectivity index is 3.34. The topological polar surface area (TPSA) is 38.3 Å². The van der Waals surface area contributed by atoms with Crippen molar-refractivity contribution < 1.29 is 9.53 Å². The van der Waals surface area contributed by atoms with Gasteiger partial charge >= 0.3 is 0 Å². The summed E-state index contributed by atoms with van der Waals surface area (Å²) in [5.41, 5.74) is 0. The molecule has 9 heavy (non-hydrogen) atoms. The Bertz CT molecular complexity index is 93.1. The zero-order chi connectivity index (χ0) is 7.28. The Hall–Kier alpha value is -0.570. The van der Waals surface area contributed by atoms with E-state index in [9.17, 15) is 4.79 Å². The minimum atomic E-state index is -0.169. The highest BCUT2D eigenvalue weighted by Gasteiger charge is 2.00. The molecule has 0 saturated heterocycles. The molecule has 0 saturated carbocycles. The molecular weight excluding hydrogens is 118 g/mol. The van der Waals surface area contributed by atoms with Gasteiger partial charge in [-0.15, -0.1) is 0 Å². The Morgan fingerprint density at radius 2 is 2.33 bits per heavy atom. The van der Waals surface area contributed by atoms with Gasteiger partial charge in [0.15, 0.2) is 0 Å². The molecule has 0 fully saturated rings. The van der Waals surface area contributed by atoms with Crippen molar-refractivity contribution in [3.8, 4) is 0 Å². The van der Waals surface area contributed by atoms with Gasteiger partial charge in [0.25, 0.3) is 0 Å². The molecule has 1 N–H and O–H groups in total. The van der Waals surface area contributed by atoms with Crippen molar-refractivity contribution in [1.82, 2.24) is 5.32 Å². The molecule has 1 atom stereocenters. The average molecular weight is 131 g/mol. The molecule has 0 aliphatic carbocycles. The Morgan fingerprint density at radius 3 is 2.67 bits per heavy atom. The molecule has 1 unspecified atom stereocenters. The van der Waals surface area contributed by atoms with E-state index in [0.717, 1.165) is 0 Å². The fraction of sp³-hybridized carbons (Fsp3) is 0.833. The Morgan fingerprint density at radius 1 is 1.78 bits per heavy atom. The molecular formula is C6H13NO2. The van der Waals surface area contributed by atoms with Gasteiger partial charge < -0.3 is 10.1 Å². The van der Waals surface area contributed by atoms with Crippen LogP contribution in [-0.2, 0) is 9.53 Å². The first-order valence-corrected chi connectivity index (χ1v) is 3.02. The third kappa shape index (κ3) is 3.97. The molecule has 0 heterocycles.